The van der Waals surface area contributed by atoms with E-state index in [2.05, 4.69) is 0 Å². The molecule has 3 rings (SSSR count). The summed E-state index contributed by atoms with van der Waals surface area (Å²) in [7, 11) is 0. The largest absolute Gasteiger partial charge is 0.387 e. The Morgan fingerprint density at radius 2 is 2.10 bits per heavy atom. The molecule has 5 atom stereocenters. The Hall–Kier alpha value is -0.160. The van der Waals surface area contributed by atoms with E-state index in [1.807, 2.05) is 0 Å². The fourth-order valence-electron chi connectivity index (χ4n) is 1.63. The number of rotatable bonds is 0. The third-order valence-corrected chi connectivity index (χ3v) is 2.28. The third kappa shape index (κ3) is 0.509. The fourth-order valence-corrected chi connectivity index (χ4v) is 1.63. The molecule has 0 amide bonds. The van der Waals surface area contributed by atoms with Gasteiger partial charge < -0.3 is 19.3 Å². The summed E-state index contributed by atoms with van der Waals surface area (Å²) in [5, 5.41) is 9.38. The topological polar surface area (TPSA) is 51.2 Å². The Morgan fingerprint density at radius 1 is 1.20 bits per heavy atom. The minimum Gasteiger partial charge on any atom is -0.387 e. The highest BCUT2D eigenvalue weighted by molar-refractivity contribution is 5.03. The van der Waals surface area contributed by atoms with Crippen LogP contribution in [0.25, 0.3) is 0 Å². The lowest BCUT2D eigenvalue weighted by Gasteiger charge is -2.18. The van der Waals surface area contributed by atoms with Gasteiger partial charge in [-0.2, -0.15) is 0 Å². The summed E-state index contributed by atoms with van der Waals surface area (Å²) in [5.41, 5.74) is 0. The maximum Gasteiger partial charge on any atom is 0.187 e. The molecule has 0 aromatic heterocycles. The summed E-state index contributed by atoms with van der Waals surface area (Å²) in [4.78, 5) is 0. The number of aliphatic hydroxyl groups is 1. The van der Waals surface area contributed by atoms with Crippen LogP contribution in [0.1, 0.15) is 0 Å². The van der Waals surface area contributed by atoms with Gasteiger partial charge in [-0.25, -0.2) is 0 Å². The van der Waals surface area contributed by atoms with Crippen LogP contribution in [0.5, 0.6) is 0 Å². The molecule has 0 aliphatic carbocycles. The molecule has 3 fully saturated rings. The Bertz CT molecular complexity index is 169. The Labute approximate surface area is 57.7 Å². The highest BCUT2D eigenvalue weighted by Gasteiger charge is 2.61. The Balaban J connectivity index is 1.91. The zero-order chi connectivity index (χ0) is 6.72. The maximum atomic E-state index is 9.38. The number of hydrogen-bond acceptors (Lipinski definition) is 4. The molecule has 0 aromatic carbocycles. The second-order valence-corrected chi connectivity index (χ2v) is 2.93. The van der Waals surface area contributed by atoms with Gasteiger partial charge in [-0.3, -0.25) is 0 Å². The lowest BCUT2D eigenvalue weighted by atomic mass is 10.1. The zero-order valence-electron chi connectivity index (χ0n) is 5.27. The maximum absolute atomic E-state index is 9.38. The molecule has 0 radical (unpaired) electrons. The first kappa shape index (κ1) is 5.49. The van der Waals surface area contributed by atoms with Gasteiger partial charge in [0.05, 0.1) is 6.61 Å². The van der Waals surface area contributed by atoms with E-state index in [1.165, 1.54) is 0 Å². The van der Waals surface area contributed by atoms with Crippen LogP contribution >= 0.6 is 0 Å². The number of hydrogen-bond donors (Lipinski definition) is 1. The van der Waals surface area contributed by atoms with Crippen molar-refractivity contribution in [1.82, 2.24) is 0 Å². The van der Waals surface area contributed by atoms with Crippen LogP contribution in [-0.2, 0) is 14.2 Å². The van der Waals surface area contributed by atoms with Crippen molar-refractivity contribution in [2.45, 2.75) is 30.7 Å². The van der Waals surface area contributed by atoms with Crippen molar-refractivity contribution in [1.29, 1.82) is 0 Å². The van der Waals surface area contributed by atoms with Crippen LogP contribution in [-0.4, -0.2) is 42.4 Å². The van der Waals surface area contributed by atoms with Crippen molar-refractivity contribution in [3.05, 3.63) is 0 Å². The highest BCUT2D eigenvalue weighted by Crippen LogP contribution is 2.41. The van der Waals surface area contributed by atoms with E-state index in [0.29, 0.717) is 6.61 Å². The summed E-state index contributed by atoms with van der Waals surface area (Å²) < 4.78 is 15.6. The van der Waals surface area contributed by atoms with Crippen molar-refractivity contribution in [2.75, 3.05) is 6.61 Å². The third-order valence-electron chi connectivity index (χ3n) is 2.28. The summed E-state index contributed by atoms with van der Waals surface area (Å²) in [6.45, 7) is 0.516. The van der Waals surface area contributed by atoms with Crippen LogP contribution < -0.4 is 0 Å². The van der Waals surface area contributed by atoms with Crippen molar-refractivity contribution in [3.8, 4) is 0 Å². The van der Waals surface area contributed by atoms with Crippen molar-refractivity contribution in [2.24, 2.45) is 0 Å². The van der Waals surface area contributed by atoms with Crippen LogP contribution in [0, 0.1) is 0 Å². The first-order valence-corrected chi connectivity index (χ1v) is 3.47. The molecule has 10 heavy (non-hydrogen) atoms. The van der Waals surface area contributed by atoms with Crippen molar-refractivity contribution in [3.63, 3.8) is 0 Å². The van der Waals surface area contributed by atoms with Gasteiger partial charge in [-0.15, -0.1) is 0 Å². The van der Waals surface area contributed by atoms with Crippen molar-refractivity contribution >= 4 is 0 Å². The van der Waals surface area contributed by atoms with E-state index in [1.54, 1.807) is 0 Å². The predicted octanol–water partition coefficient (Wildman–Crippen LogP) is -1.13. The van der Waals surface area contributed by atoms with E-state index in [4.69, 9.17) is 14.2 Å². The molecule has 3 heterocycles. The van der Waals surface area contributed by atoms with Crippen LogP contribution in [0.4, 0.5) is 0 Å². The zero-order valence-corrected chi connectivity index (χ0v) is 5.27. The molecule has 0 spiro atoms. The minimum atomic E-state index is -0.469. The van der Waals surface area contributed by atoms with Gasteiger partial charge in [0.25, 0.3) is 0 Å². The lowest BCUT2D eigenvalue weighted by Crippen LogP contribution is -2.39. The quantitative estimate of drug-likeness (QED) is 0.437. The summed E-state index contributed by atoms with van der Waals surface area (Å²) in [5.74, 6) is 0. The number of epoxide rings is 1. The van der Waals surface area contributed by atoms with Crippen LogP contribution in [0.2, 0.25) is 0 Å². The smallest absolute Gasteiger partial charge is 0.187 e. The predicted molar refractivity (Wildman–Crippen MR) is 29.3 cm³/mol. The minimum absolute atomic E-state index is 0.00810. The molecule has 4 nitrogen and oxygen atoms in total. The summed E-state index contributed by atoms with van der Waals surface area (Å²) in [6, 6.07) is 0. The van der Waals surface area contributed by atoms with Gasteiger partial charge in [-0.1, -0.05) is 0 Å². The van der Waals surface area contributed by atoms with Gasteiger partial charge in [0.15, 0.2) is 6.29 Å². The number of ether oxygens (including phenoxy) is 3. The first-order chi connectivity index (χ1) is 4.86. The molecule has 0 unspecified atom stereocenters. The monoisotopic (exact) mass is 144 g/mol. The van der Waals surface area contributed by atoms with Gasteiger partial charge in [0, 0.05) is 0 Å². The van der Waals surface area contributed by atoms with Gasteiger partial charge in [0.1, 0.15) is 24.4 Å². The van der Waals surface area contributed by atoms with E-state index < -0.39 is 6.10 Å². The summed E-state index contributed by atoms with van der Waals surface area (Å²) >= 11 is 0. The van der Waals surface area contributed by atoms with E-state index in [0.717, 1.165) is 0 Å². The Kier molecular flexibility index (Phi) is 0.840. The molecule has 3 aliphatic heterocycles. The summed E-state index contributed by atoms with van der Waals surface area (Å²) in [6.07, 6.45) is -0.809. The number of aliphatic hydroxyl groups excluding tert-OH is 1. The molecule has 56 valence electrons. The lowest BCUT2D eigenvalue weighted by molar-refractivity contribution is -0.103. The van der Waals surface area contributed by atoms with E-state index in [-0.39, 0.29) is 24.6 Å². The van der Waals surface area contributed by atoms with Gasteiger partial charge in [0.2, 0.25) is 0 Å². The second kappa shape index (κ2) is 1.53. The van der Waals surface area contributed by atoms with Gasteiger partial charge in [-0.05, 0) is 0 Å². The van der Waals surface area contributed by atoms with E-state index >= 15 is 0 Å². The molecule has 4 heteroatoms. The van der Waals surface area contributed by atoms with Crippen LogP contribution in [0.3, 0.4) is 0 Å². The van der Waals surface area contributed by atoms with Crippen LogP contribution in [0.15, 0.2) is 0 Å². The average Bonchev–Trinajstić information content (AvgIpc) is 2.61. The Morgan fingerprint density at radius 3 is 3.00 bits per heavy atom. The van der Waals surface area contributed by atoms with E-state index in [9.17, 15) is 5.11 Å². The number of fused-ring (bicyclic) bond motifs is 4. The molecular formula is C6H8O4. The van der Waals surface area contributed by atoms with Gasteiger partial charge >= 0.3 is 0 Å². The standard InChI is InChI=1S/C6H8O4/c7-3-2-1-8-6(9-2)5-4(3)10-5/h2-7H,1H2/t2-,3-,4+,5+,6-/m1/s1. The molecule has 0 aromatic rings. The first-order valence-electron chi connectivity index (χ1n) is 3.47. The highest BCUT2D eigenvalue weighted by atomic mass is 16.8. The average molecular weight is 144 g/mol. The second-order valence-electron chi connectivity index (χ2n) is 2.93. The molecule has 3 saturated heterocycles. The fraction of sp³-hybridized carbons (Fsp3) is 1.00. The molecule has 2 bridgehead atoms. The molecule has 1 N–H and O–H groups in total. The molecule has 0 saturated carbocycles. The molecular weight excluding hydrogens is 136 g/mol. The van der Waals surface area contributed by atoms with Crippen molar-refractivity contribution < 1.29 is 19.3 Å². The normalized spacial score (nSPS) is 63.9. The molecule has 3 aliphatic rings. The SMILES string of the molecule is O[C@H]1[C@@H]2O[C@@H]2[C@@H]2OC[C@H]1O2.